The van der Waals surface area contributed by atoms with Crippen LogP contribution in [0.25, 0.3) is 0 Å². The van der Waals surface area contributed by atoms with Crippen molar-refractivity contribution in [3.8, 4) is 0 Å². The van der Waals surface area contributed by atoms with Gasteiger partial charge in [0.15, 0.2) is 0 Å². The molecular weight excluding hydrogens is 174 g/mol. The second-order valence-electron chi connectivity index (χ2n) is 5.38. The van der Waals surface area contributed by atoms with Crippen LogP contribution in [0.5, 0.6) is 0 Å². The summed E-state index contributed by atoms with van der Waals surface area (Å²) in [6.45, 7) is 13.1. The topological polar surface area (TPSA) is 21.3 Å². The van der Waals surface area contributed by atoms with Gasteiger partial charge in [0, 0.05) is 18.1 Å². The van der Waals surface area contributed by atoms with E-state index in [4.69, 9.17) is 4.74 Å². The number of ether oxygens (including phenoxy) is 1. The second kappa shape index (κ2) is 4.63. The van der Waals surface area contributed by atoms with Crippen molar-refractivity contribution in [2.75, 3.05) is 13.2 Å². The van der Waals surface area contributed by atoms with E-state index in [1.807, 2.05) is 0 Å². The third-order valence-electron chi connectivity index (χ3n) is 3.26. The predicted molar refractivity (Wildman–Crippen MR) is 60.4 cm³/mol. The molecular formula is C12H25NO. The fraction of sp³-hybridized carbons (Fsp3) is 1.00. The smallest absolute Gasteiger partial charge is 0.0656 e. The third-order valence-corrected chi connectivity index (χ3v) is 3.26. The lowest BCUT2D eigenvalue weighted by Crippen LogP contribution is -2.61. The van der Waals surface area contributed by atoms with E-state index >= 15 is 0 Å². The van der Waals surface area contributed by atoms with E-state index in [1.54, 1.807) is 0 Å². The average molecular weight is 199 g/mol. The average Bonchev–Trinajstić information content (AvgIpc) is 2.09. The second-order valence-corrected chi connectivity index (χ2v) is 5.38. The standard InChI is InChI=1S/C12H25NO/c1-6-13-10-7-11(12(10,4)5)14-8-9(2)3/h9-11,13H,6-8H2,1-5H3. The molecule has 2 atom stereocenters. The summed E-state index contributed by atoms with van der Waals surface area (Å²) in [5.41, 5.74) is 0.310. The van der Waals surface area contributed by atoms with Crippen molar-refractivity contribution < 1.29 is 4.74 Å². The summed E-state index contributed by atoms with van der Waals surface area (Å²) in [5, 5.41) is 3.51. The fourth-order valence-corrected chi connectivity index (χ4v) is 2.07. The molecule has 1 N–H and O–H groups in total. The molecule has 1 fully saturated rings. The van der Waals surface area contributed by atoms with Crippen molar-refractivity contribution in [2.24, 2.45) is 11.3 Å². The molecule has 0 aromatic rings. The Labute approximate surface area is 88.4 Å². The van der Waals surface area contributed by atoms with Crippen LogP contribution >= 0.6 is 0 Å². The highest BCUT2D eigenvalue weighted by atomic mass is 16.5. The first-order valence-electron chi connectivity index (χ1n) is 5.83. The van der Waals surface area contributed by atoms with Gasteiger partial charge in [-0.1, -0.05) is 34.6 Å². The zero-order valence-electron chi connectivity index (χ0n) is 10.3. The predicted octanol–water partition coefficient (Wildman–Crippen LogP) is 2.44. The summed E-state index contributed by atoms with van der Waals surface area (Å²) in [7, 11) is 0. The Hall–Kier alpha value is -0.0800. The van der Waals surface area contributed by atoms with E-state index in [0.717, 1.165) is 13.2 Å². The SMILES string of the molecule is CCNC1CC(OCC(C)C)C1(C)C. The minimum Gasteiger partial charge on any atom is -0.377 e. The van der Waals surface area contributed by atoms with Crippen LogP contribution in [-0.4, -0.2) is 25.3 Å². The van der Waals surface area contributed by atoms with Gasteiger partial charge in [-0.2, -0.15) is 0 Å². The van der Waals surface area contributed by atoms with Gasteiger partial charge in [0.25, 0.3) is 0 Å². The molecule has 0 radical (unpaired) electrons. The molecule has 0 bridgehead atoms. The Morgan fingerprint density at radius 1 is 1.43 bits per heavy atom. The van der Waals surface area contributed by atoms with Gasteiger partial charge in [0.1, 0.15) is 0 Å². The molecule has 0 saturated heterocycles. The minimum absolute atomic E-state index is 0.310. The lowest BCUT2D eigenvalue weighted by Gasteiger charge is -2.52. The molecule has 14 heavy (non-hydrogen) atoms. The molecule has 2 unspecified atom stereocenters. The molecule has 0 aromatic carbocycles. The van der Waals surface area contributed by atoms with Crippen LogP contribution in [0.15, 0.2) is 0 Å². The monoisotopic (exact) mass is 199 g/mol. The maximum Gasteiger partial charge on any atom is 0.0656 e. The van der Waals surface area contributed by atoms with Crippen molar-refractivity contribution in [1.82, 2.24) is 5.32 Å². The van der Waals surface area contributed by atoms with E-state index in [0.29, 0.717) is 23.5 Å². The molecule has 0 heterocycles. The van der Waals surface area contributed by atoms with Gasteiger partial charge in [-0.25, -0.2) is 0 Å². The van der Waals surface area contributed by atoms with E-state index in [9.17, 15) is 0 Å². The largest absolute Gasteiger partial charge is 0.377 e. The summed E-state index contributed by atoms with van der Waals surface area (Å²) >= 11 is 0. The quantitative estimate of drug-likeness (QED) is 0.734. The lowest BCUT2D eigenvalue weighted by atomic mass is 9.64. The first-order valence-corrected chi connectivity index (χ1v) is 5.83. The maximum atomic E-state index is 5.89. The first kappa shape index (κ1) is 12.0. The Morgan fingerprint density at radius 3 is 2.50 bits per heavy atom. The summed E-state index contributed by atoms with van der Waals surface area (Å²) in [6.07, 6.45) is 1.63. The molecule has 0 amide bonds. The van der Waals surface area contributed by atoms with Crippen LogP contribution in [0.4, 0.5) is 0 Å². The summed E-state index contributed by atoms with van der Waals surface area (Å²) in [6, 6.07) is 0.643. The van der Waals surface area contributed by atoms with Crippen molar-refractivity contribution in [2.45, 2.75) is 53.2 Å². The zero-order chi connectivity index (χ0) is 10.8. The molecule has 0 aliphatic heterocycles. The van der Waals surface area contributed by atoms with Crippen LogP contribution in [0, 0.1) is 11.3 Å². The maximum absolute atomic E-state index is 5.89. The van der Waals surface area contributed by atoms with Crippen molar-refractivity contribution in [1.29, 1.82) is 0 Å². The minimum atomic E-state index is 0.310. The molecule has 1 aliphatic carbocycles. The van der Waals surface area contributed by atoms with Gasteiger partial charge in [0.05, 0.1) is 6.10 Å². The van der Waals surface area contributed by atoms with Gasteiger partial charge >= 0.3 is 0 Å². The van der Waals surface area contributed by atoms with Crippen molar-refractivity contribution >= 4 is 0 Å². The van der Waals surface area contributed by atoms with Crippen LogP contribution in [0.3, 0.4) is 0 Å². The van der Waals surface area contributed by atoms with Gasteiger partial charge in [-0.05, 0) is 18.9 Å². The Kier molecular flexibility index (Phi) is 3.96. The van der Waals surface area contributed by atoms with Crippen molar-refractivity contribution in [3.05, 3.63) is 0 Å². The highest BCUT2D eigenvalue weighted by Gasteiger charge is 2.48. The van der Waals surface area contributed by atoms with Crippen LogP contribution < -0.4 is 5.32 Å². The Bertz CT molecular complexity index is 177. The third kappa shape index (κ3) is 2.48. The van der Waals surface area contributed by atoms with Gasteiger partial charge in [0.2, 0.25) is 0 Å². The fourth-order valence-electron chi connectivity index (χ4n) is 2.07. The van der Waals surface area contributed by atoms with E-state index < -0.39 is 0 Å². The van der Waals surface area contributed by atoms with Gasteiger partial charge in [-0.3, -0.25) is 0 Å². The molecule has 2 heteroatoms. The molecule has 1 aliphatic rings. The molecule has 1 saturated carbocycles. The number of nitrogens with one attached hydrogen (secondary N) is 1. The van der Waals surface area contributed by atoms with Gasteiger partial charge in [-0.15, -0.1) is 0 Å². The molecule has 84 valence electrons. The summed E-state index contributed by atoms with van der Waals surface area (Å²) in [4.78, 5) is 0. The zero-order valence-corrected chi connectivity index (χ0v) is 10.3. The summed E-state index contributed by atoms with van der Waals surface area (Å²) in [5.74, 6) is 0.643. The number of hydrogen-bond donors (Lipinski definition) is 1. The van der Waals surface area contributed by atoms with Crippen LogP contribution in [-0.2, 0) is 4.74 Å². The number of rotatable bonds is 5. The van der Waals surface area contributed by atoms with Crippen LogP contribution in [0.2, 0.25) is 0 Å². The van der Waals surface area contributed by atoms with Crippen molar-refractivity contribution in [3.63, 3.8) is 0 Å². The molecule has 2 nitrogen and oxygen atoms in total. The molecule has 0 aromatic heterocycles. The normalized spacial score (nSPS) is 30.4. The Balaban J connectivity index is 2.31. The Morgan fingerprint density at radius 2 is 2.07 bits per heavy atom. The van der Waals surface area contributed by atoms with E-state index in [1.165, 1.54) is 6.42 Å². The van der Waals surface area contributed by atoms with Gasteiger partial charge < -0.3 is 10.1 Å². The summed E-state index contributed by atoms with van der Waals surface area (Å²) < 4.78 is 5.89. The van der Waals surface area contributed by atoms with E-state index in [-0.39, 0.29) is 0 Å². The molecule has 1 rings (SSSR count). The number of hydrogen-bond acceptors (Lipinski definition) is 2. The van der Waals surface area contributed by atoms with Crippen LogP contribution in [0.1, 0.15) is 41.0 Å². The first-order chi connectivity index (χ1) is 6.48. The van der Waals surface area contributed by atoms with E-state index in [2.05, 4.69) is 39.9 Å². The lowest BCUT2D eigenvalue weighted by molar-refractivity contribution is -0.123. The highest BCUT2D eigenvalue weighted by Crippen LogP contribution is 2.42. The highest BCUT2D eigenvalue weighted by molar-refractivity contribution is 5.02. The molecule has 0 spiro atoms.